The molecule has 0 spiro atoms. The highest BCUT2D eigenvalue weighted by atomic mass is 19.1. The van der Waals surface area contributed by atoms with E-state index < -0.39 is 11.9 Å². The number of hydrogen-bond acceptors (Lipinski definition) is 4. The van der Waals surface area contributed by atoms with Crippen LogP contribution in [0.5, 0.6) is 5.75 Å². The molecule has 0 saturated heterocycles. The van der Waals surface area contributed by atoms with Gasteiger partial charge in [-0.3, -0.25) is 0 Å². The van der Waals surface area contributed by atoms with E-state index in [1.165, 1.54) is 12.1 Å². The highest BCUT2D eigenvalue weighted by Gasteiger charge is 2.32. The van der Waals surface area contributed by atoms with Crippen LogP contribution in [-0.4, -0.2) is 42.6 Å². The number of benzene rings is 1. The minimum Gasteiger partial charge on any atom is -0.488 e. The summed E-state index contributed by atoms with van der Waals surface area (Å²) >= 11 is 0. The molecule has 3 N–H and O–H groups in total. The van der Waals surface area contributed by atoms with Crippen LogP contribution in [0.4, 0.5) is 4.39 Å². The van der Waals surface area contributed by atoms with Gasteiger partial charge in [-0.05, 0) is 25.0 Å². The molecule has 4 nitrogen and oxygen atoms in total. The summed E-state index contributed by atoms with van der Waals surface area (Å²) < 4.78 is 18.6. The molecule has 0 bridgehead atoms. The summed E-state index contributed by atoms with van der Waals surface area (Å²) in [7, 11) is 0. The molecule has 118 valence electrons. The quantitative estimate of drug-likeness (QED) is 0.683. The largest absolute Gasteiger partial charge is 0.488 e. The van der Waals surface area contributed by atoms with Crippen molar-refractivity contribution in [3.05, 3.63) is 30.1 Å². The van der Waals surface area contributed by atoms with E-state index in [0.717, 1.165) is 25.7 Å². The number of para-hydroxylation sites is 1. The van der Waals surface area contributed by atoms with Crippen LogP contribution < -0.4 is 10.1 Å². The zero-order chi connectivity index (χ0) is 15.1. The first kappa shape index (κ1) is 16.2. The van der Waals surface area contributed by atoms with E-state index in [1.54, 1.807) is 12.1 Å². The third-order valence-corrected chi connectivity index (χ3v) is 4.15. The number of ether oxygens (including phenoxy) is 1. The summed E-state index contributed by atoms with van der Waals surface area (Å²) in [5.74, 6) is -0.276. The van der Waals surface area contributed by atoms with Gasteiger partial charge in [-0.2, -0.15) is 0 Å². The van der Waals surface area contributed by atoms with Gasteiger partial charge in [0.15, 0.2) is 11.6 Å². The first-order valence-corrected chi connectivity index (χ1v) is 7.52. The predicted molar refractivity (Wildman–Crippen MR) is 78.8 cm³/mol. The van der Waals surface area contributed by atoms with Crippen LogP contribution in [0.15, 0.2) is 24.3 Å². The lowest BCUT2D eigenvalue weighted by molar-refractivity contribution is 0.0903. The first-order valence-electron chi connectivity index (χ1n) is 7.52. The van der Waals surface area contributed by atoms with Crippen LogP contribution in [-0.2, 0) is 0 Å². The van der Waals surface area contributed by atoms with E-state index in [9.17, 15) is 14.6 Å². The Balaban J connectivity index is 1.68. The third-order valence-electron chi connectivity index (χ3n) is 4.15. The summed E-state index contributed by atoms with van der Waals surface area (Å²) in [6.45, 7) is 1.29. The minimum atomic E-state index is -0.707. The average molecular weight is 297 g/mol. The second-order valence-electron chi connectivity index (χ2n) is 5.89. The number of rotatable bonds is 8. The molecule has 0 radical (unpaired) electrons. The third kappa shape index (κ3) is 4.66. The molecule has 1 atom stereocenters. The number of hydrogen-bond donors (Lipinski definition) is 3. The van der Waals surface area contributed by atoms with Gasteiger partial charge in [0, 0.05) is 25.1 Å². The van der Waals surface area contributed by atoms with Gasteiger partial charge in [-0.15, -0.1) is 0 Å². The van der Waals surface area contributed by atoms with Crippen molar-refractivity contribution in [1.29, 1.82) is 0 Å². The summed E-state index contributed by atoms with van der Waals surface area (Å²) in [6.07, 6.45) is 3.65. The Morgan fingerprint density at radius 3 is 2.67 bits per heavy atom. The van der Waals surface area contributed by atoms with Crippen LogP contribution in [0.2, 0.25) is 0 Å². The molecule has 21 heavy (non-hydrogen) atoms. The Labute approximate surface area is 124 Å². The Kier molecular flexibility index (Phi) is 5.96. The number of nitrogens with one attached hydrogen (secondary N) is 1. The number of aliphatic hydroxyl groups is 2. The fourth-order valence-electron chi connectivity index (χ4n) is 2.83. The molecule has 1 unspecified atom stereocenters. The maximum Gasteiger partial charge on any atom is 0.165 e. The normalized spacial score (nSPS) is 18.6. The molecular formula is C16H24FNO3. The minimum absolute atomic E-state index is 0.0356. The Morgan fingerprint density at radius 2 is 2.00 bits per heavy atom. The molecule has 1 saturated carbocycles. The summed E-state index contributed by atoms with van der Waals surface area (Å²) in [5.41, 5.74) is -0.0356. The Bertz CT molecular complexity index is 435. The van der Waals surface area contributed by atoms with E-state index >= 15 is 0 Å². The lowest BCUT2D eigenvalue weighted by atomic mass is 9.87. The van der Waals surface area contributed by atoms with Gasteiger partial charge in [0.25, 0.3) is 0 Å². The monoisotopic (exact) mass is 297 g/mol. The molecule has 0 aromatic heterocycles. The predicted octanol–water partition coefficient (Wildman–Crippen LogP) is 1.71. The zero-order valence-electron chi connectivity index (χ0n) is 12.2. The molecule has 0 amide bonds. The van der Waals surface area contributed by atoms with Crippen molar-refractivity contribution in [1.82, 2.24) is 5.32 Å². The van der Waals surface area contributed by atoms with E-state index in [2.05, 4.69) is 5.32 Å². The van der Waals surface area contributed by atoms with Crippen molar-refractivity contribution < 1.29 is 19.3 Å². The van der Waals surface area contributed by atoms with E-state index in [4.69, 9.17) is 4.74 Å². The lowest BCUT2D eigenvalue weighted by Gasteiger charge is -2.27. The number of halogens is 1. The molecule has 1 aliphatic carbocycles. The molecule has 1 aliphatic rings. The fourth-order valence-corrected chi connectivity index (χ4v) is 2.83. The van der Waals surface area contributed by atoms with Crippen LogP contribution >= 0.6 is 0 Å². The molecule has 1 aromatic rings. The van der Waals surface area contributed by atoms with Gasteiger partial charge in [0.2, 0.25) is 0 Å². The lowest BCUT2D eigenvalue weighted by Crippen LogP contribution is -2.40. The second kappa shape index (κ2) is 7.73. The first-order chi connectivity index (χ1) is 10.2. The highest BCUT2D eigenvalue weighted by molar-refractivity contribution is 5.23. The highest BCUT2D eigenvalue weighted by Crippen LogP contribution is 2.36. The molecular weight excluding hydrogens is 273 g/mol. The van der Waals surface area contributed by atoms with Gasteiger partial charge in [0.1, 0.15) is 12.7 Å². The molecule has 1 aromatic carbocycles. The topological polar surface area (TPSA) is 61.7 Å². The van der Waals surface area contributed by atoms with Gasteiger partial charge < -0.3 is 20.3 Å². The fraction of sp³-hybridized carbons (Fsp3) is 0.625. The zero-order valence-corrected chi connectivity index (χ0v) is 12.2. The molecule has 0 heterocycles. The van der Waals surface area contributed by atoms with Crippen molar-refractivity contribution >= 4 is 0 Å². The number of aliphatic hydroxyl groups excluding tert-OH is 2. The van der Waals surface area contributed by atoms with Crippen LogP contribution in [0.1, 0.15) is 25.7 Å². The van der Waals surface area contributed by atoms with Gasteiger partial charge in [0.05, 0.1) is 0 Å². The Morgan fingerprint density at radius 1 is 1.29 bits per heavy atom. The average Bonchev–Trinajstić information content (AvgIpc) is 2.96. The summed E-state index contributed by atoms with van der Waals surface area (Å²) in [4.78, 5) is 0. The molecule has 1 fully saturated rings. The van der Waals surface area contributed by atoms with Crippen molar-refractivity contribution in [2.45, 2.75) is 31.8 Å². The van der Waals surface area contributed by atoms with Gasteiger partial charge in [-0.25, -0.2) is 4.39 Å². The van der Waals surface area contributed by atoms with E-state index in [-0.39, 0.29) is 24.4 Å². The van der Waals surface area contributed by atoms with Crippen molar-refractivity contribution in [2.75, 3.05) is 26.3 Å². The maximum absolute atomic E-state index is 13.3. The van der Waals surface area contributed by atoms with Gasteiger partial charge in [-0.1, -0.05) is 25.0 Å². The Hall–Kier alpha value is -1.17. The maximum atomic E-state index is 13.3. The standard InChI is InChI=1S/C16H24FNO3/c17-14-5-1-2-6-15(14)21-10-13(20)9-18-11-16(12-19)7-3-4-8-16/h1-2,5-6,13,18-20H,3-4,7-12H2. The van der Waals surface area contributed by atoms with Crippen LogP contribution in [0, 0.1) is 11.2 Å². The van der Waals surface area contributed by atoms with Crippen LogP contribution in [0.25, 0.3) is 0 Å². The van der Waals surface area contributed by atoms with Crippen LogP contribution in [0.3, 0.4) is 0 Å². The van der Waals surface area contributed by atoms with E-state index in [1.807, 2.05) is 0 Å². The van der Waals surface area contributed by atoms with E-state index in [0.29, 0.717) is 13.1 Å². The summed E-state index contributed by atoms with van der Waals surface area (Å²) in [5, 5.41) is 22.5. The molecule has 5 heteroatoms. The van der Waals surface area contributed by atoms with Crippen molar-refractivity contribution in [3.8, 4) is 5.75 Å². The second-order valence-corrected chi connectivity index (χ2v) is 5.89. The van der Waals surface area contributed by atoms with Crippen molar-refractivity contribution in [2.24, 2.45) is 5.41 Å². The summed E-state index contributed by atoms with van der Waals surface area (Å²) in [6, 6.07) is 6.14. The van der Waals surface area contributed by atoms with Crippen molar-refractivity contribution in [3.63, 3.8) is 0 Å². The van der Waals surface area contributed by atoms with Gasteiger partial charge >= 0.3 is 0 Å². The molecule has 2 rings (SSSR count). The molecule has 0 aliphatic heterocycles. The SMILES string of the molecule is OCC1(CNCC(O)COc2ccccc2F)CCCC1. The smallest absolute Gasteiger partial charge is 0.165 e.